The lowest BCUT2D eigenvalue weighted by Gasteiger charge is -2.26. The molecule has 5 saturated carbocycles. The number of aliphatic carboxylic acids is 2. The van der Waals surface area contributed by atoms with Gasteiger partial charge >= 0.3 is 11.9 Å². The molecule has 5 fully saturated rings. The Morgan fingerprint density at radius 1 is 1.00 bits per heavy atom. The summed E-state index contributed by atoms with van der Waals surface area (Å²) in [5.41, 5.74) is 0.941. The van der Waals surface area contributed by atoms with Crippen LogP contribution in [0.1, 0.15) is 13.8 Å². The zero-order chi connectivity index (χ0) is 11.6. The molecule has 0 heterocycles. The van der Waals surface area contributed by atoms with Crippen LogP contribution < -0.4 is 0 Å². The van der Waals surface area contributed by atoms with Gasteiger partial charge in [0.15, 0.2) is 0 Å². The van der Waals surface area contributed by atoms with Crippen LogP contribution in [0.5, 0.6) is 0 Å². The van der Waals surface area contributed by atoms with E-state index in [4.69, 9.17) is 0 Å². The third kappa shape index (κ3) is 0.440. The van der Waals surface area contributed by atoms with E-state index in [0.717, 1.165) is 11.1 Å². The molecule has 16 heavy (non-hydrogen) atoms. The minimum absolute atomic E-state index is 0.0427. The molecule has 0 spiro atoms. The van der Waals surface area contributed by atoms with Crippen LogP contribution in [0, 0.1) is 34.5 Å². The lowest BCUT2D eigenvalue weighted by Crippen LogP contribution is -2.40. The van der Waals surface area contributed by atoms with Crippen molar-refractivity contribution < 1.29 is 19.8 Å². The Bertz CT molecular complexity index is 463. The molecule has 0 radical (unpaired) electrons. The minimum Gasteiger partial charge on any atom is -0.481 e. The normalized spacial score (nSPS) is 57.5. The monoisotopic (exact) mass is 220 g/mol. The lowest BCUT2D eigenvalue weighted by molar-refractivity contribution is -0.157. The highest BCUT2D eigenvalue weighted by molar-refractivity contribution is 6.00. The van der Waals surface area contributed by atoms with Crippen LogP contribution in [0.2, 0.25) is 0 Å². The second-order valence-electron chi connectivity index (χ2n) is 5.84. The third-order valence-electron chi connectivity index (χ3n) is 5.52. The van der Waals surface area contributed by atoms with E-state index in [0.29, 0.717) is 0 Å². The van der Waals surface area contributed by atoms with Crippen molar-refractivity contribution in [2.75, 3.05) is 0 Å². The molecule has 4 nitrogen and oxygen atoms in total. The van der Waals surface area contributed by atoms with Gasteiger partial charge in [-0.25, -0.2) is 0 Å². The summed E-state index contributed by atoms with van der Waals surface area (Å²) in [7, 11) is 0. The van der Waals surface area contributed by atoms with Gasteiger partial charge in [-0.1, -0.05) is 11.1 Å². The summed E-state index contributed by atoms with van der Waals surface area (Å²) >= 11 is 0. The topological polar surface area (TPSA) is 74.6 Å². The predicted molar refractivity (Wildman–Crippen MR) is 52.5 cm³/mol. The van der Waals surface area contributed by atoms with Crippen LogP contribution in [-0.4, -0.2) is 22.2 Å². The maximum Gasteiger partial charge on any atom is 0.310 e. The molecule has 2 unspecified atom stereocenters. The maximum atomic E-state index is 11.3. The summed E-state index contributed by atoms with van der Waals surface area (Å²) in [5, 5.41) is 18.6. The SMILES string of the molecule is CC(C)=C1C2C3C2(C(=O)O)C2C1C32C(=O)O. The number of allylic oxidation sites excluding steroid dienone is 2. The summed E-state index contributed by atoms with van der Waals surface area (Å²) in [6.07, 6.45) is 0. The fourth-order valence-corrected chi connectivity index (χ4v) is 5.32. The van der Waals surface area contributed by atoms with Gasteiger partial charge in [-0.05, 0) is 13.8 Å². The first-order chi connectivity index (χ1) is 7.44. The zero-order valence-corrected chi connectivity index (χ0v) is 9.02. The molecule has 2 N–H and O–H groups in total. The highest BCUT2D eigenvalue weighted by Gasteiger charge is 3.10. The van der Waals surface area contributed by atoms with E-state index < -0.39 is 22.8 Å². The molecular formula is C12H12O4. The van der Waals surface area contributed by atoms with Crippen LogP contribution in [0.25, 0.3) is 0 Å². The van der Waals surface area contributed by atoms with Crippen LogP contribution in [0.15, 0.2) is 11.1 Å². The van der Waals surface area contributed by atoms with Gasteiger partial charge in [0.25, 0.3) is 0 Å². The lowest BCUT2D eigenvalue weighted by atomic mass is 9.74. The van der Waals surface area contributed by atoms with E-state index in [9.17, 15) is 19.8 Å². The zero-order valence-electron chi connectivity index (χ0n) is 9.02. The van der Waals surface area contributed by atoms with E-state index in [-0.39, 0.29) is 23.7 Å². The molecular weight excluding hydrogens is 208 g/mol. The summed E-state index contributed by atoms with van der Waals surface area (Å²) in [6.45, 7) is 3.94. The Labute approximate surface area is 92.0 Å². The number of carboxylic acids is 2. The highest BCUT2D eigenvalue weighted by Crippen LogP contribution is 3.06. The van der Waals surface area contributed by atoms with Crippen molar-refractivity contribution in [2.45, 2.75) is 13.8 Å². The Kier molecular flexibility index (Phi) is 1.00. The maximum absolute atomic E-state index is 11.3. The predicted octanol–water partition coefficient (Wildman–Crippen LogP) is 0.984. The van der Waals surface area contributed by atoms with Gasteiger partial charge in [-0.15, -0.1) is 0 Å². The van der Waals surface area contributed by atoms with E-state index in [2.05, 4.69) is 0 Å². The van der Waals surface area contributed by atoms with Gasteiger partial charge in [0, 0.05) is 23.7 Å². The molecule has 2 bridgehead atoms. The number of carbonyl (C=O) groups is 2. The quantitative estimate of drug-likeness (QED) is 0.680. The molecule has 5 aliphatic rings. The molecule has 84 valence electrons. The van der Waals surface area contributed by atoms with E-state index >= 15 is 0 Å². The molecule has 0 amide bonds. The van der Waals surface area contributed by atoms with Gasteiger partial charge in [0.1, 0.15) is 0 Å². The third-order valence-corrected chi connectivity index (χ3v) is 5.52. The molecule has 4 heteroatoms. The van der Waals surface area contributed by atoms with E-state index in [1.54, 1.807) is 0 Å². The largest absolute Gasteiger partial charge is 0.481 e. The van der Waals surface area contributed by atoms with Gasteiger partial charge in [0.05, 0.1) is 10.8 Å². The number of hydrogen-bond acceptors (Lipinski definition) is 2. The summed E-state index contributed by atoms with van der Waals surface area (Å²) < 4.78 is 0. The van der Waals surface area contributed by atoms with Gasteiger partial charge < -0.3 is 10.2 Å². The summed E-state index contributed by atoms with van der Waals surface area (Å²) in [4.78, 5) is 22.7. The van der Waals surface area contributed by atoms with Crippen molar-refractivity contribution in [2.24, 2.45) is 34.5 Å². The first-order valence-electron chi connectivity index (χ1n) is 5.58. The van der Waals surface area contributed by atoms with Crippen molar-refractivity contribution in [3.8, 4) is 0 Å². The number of rotatable bonds is 2. The van der Waals surface area contributed by atoms with Gasteiger partial charge in [-0.3, -0.25) is 9.59 Å². The van der Waals surface area contributed by atoms with Crippen LogP contribution in [-0.2, 0) is 9.59 Å². The second-order valence-corrected chi connectivity index (χ2v) is 5.84. The molecule has 0 saturated heterocycles. The minimum atomic E-state index is -0.775. The highest BCUT2D eigenvalue weighted by atomic mass is 16.4. The Balaban J connectivity index is 1.91. The summed E-state index contributed by atoms with van der Waals surface area (Å²) in [5.74, 6) is -1.67. The van der Waals surface area contributed by atoms with Crippen molar-refractivity contribution in [3.05, 3.63) is 11.1 Å². The molecule has 0 aromatic rings. The average Bonchev–Trinajstić information content (AvgIpc) is 2.80. The van der Waals surface area contributed by atoms with E-state index in [1.165, 1.54) is 0 Å². The van der Waals surface area contributed by atoms with Gasteiger partial charge in [0.2, 0.25) is 0 Å². The van der Waals surface area contributed by atoms with Crippen molar-refractivity contribution in [1.82, 2.24) is 0 Å². The fraction of sp³-hybridized carbons (Fsp3) is 0.667. The number of hydrogen-bond donors (Lipinski definition) is 2. The second kappa shape index (κ2) is 1.83. The molecule has 5 rings (SSSR count). The van der Waals surface area contributed by atoms with Crippen molar-refractivity contribution >= 4 is 11.9 Å². The average molecular weight is 220 g/mol. The van der Waals surface area contributed by atoms with Crippen molar-refractivity contribution in [1.29, 1.82) is 0 Å². The van der Waals surface area contributed by atoms with Crippen molar-refractivity contribution in [3.63, 3.8) is 0 Å². The fourth-order valence-electron chi connectivity index (χ4n) is 5.32. The van der Waals surface area contributed by atoms with Crippen LogP contribution in [0.3, 0.4) is 0 Å². The molecule has 0 aliphatic heterocycles. The molecule has 0 aromatic carbocycles. The summed E-state index contributed by atoms with van der Waals surface area (Å²) in [6, 6.07) is 0. The van der Waals surface area contributed by atoms with E-state index in [1.807, 2.05) is 13.8 Å². The van der Waals surface area contributed by atoms with Crippen LogP contribution in [0.4, 0.5) is 0 Å². The first kappa shape index (κ1) is 8.79. The van der Waals surface area contributed by atoms with Gasteiger partial charge in [-0.2, -0.15) is 0 Å². The number of carboxylic acid groups (broad SMARTS) is 2. The molecule has 0 aromatic heterocycles. The smallest absolute Gasteiger partial charge is 0.310 e. The Hall–Kier alpha value is -1.32. The first-order valence-corrected chi connectivity index (χ1v) is 5.58. The standard InChI is InChI=1S/C12H12O4/c1-3(2)4-5-7-11(5,9(13)14)8-6(4)12(7,8)10(15)16/h5-8H,1-2H3,(H,13,14)(H,15,16). The molecule has 5 aliphatic carbocycles. The molecule has 2 atom stereocenters. The Morgan fingerprint density at radius 3 is 1.62 bits per heavy atom. The Morgan fingerprint density at radius 2 is 1.38 bits per heavy atom. The van der Waals surface area contributed by atoms with Crippen LogP contribution >= 0.6 is 0 Å².